The number of aryl methyl sites for hydroxylation is 4. The summed E-state index contributed by atoms with van der Waals surface area (Å²) < 4.78 is 35.3. The normalized spacial score (nSPS) is 11.5. The van der Waals surface area contributed by atoms with E-state index in [1.807, 2.05) is 56.3 Å². The molecule has 0 radical (unpaired) electrons. The Hall–Kier alpha value is -8.34. The van der Waals surface area contributed by atoms with E-state index in [4.69, 9.17) is 58.3 Å². The maximum atomic E-state index is 11.1. The molecule has 1 unspecified atom stereocenters. The molecule has 4 N–H and O–H groups in total. The van der Waals surface area contributed by atoms with Crippen LogP contribution in [0.15, 0.2) is 109 Å². The number of phenolic OH excluding ortho intramolecular Hbond substituents is 3. The Morgan fingerprint density at radius 2 is 0.628 bits per heavy atom. The van der Waals surface area contributed by atoms with Gasteiger partial charge in [-0.25, -0.2) is 29.9 Å². The van der Waals surface area contributed by atoms with Crippen LogP contribution in [-0.4, -0.2) is 103 Å². The zero-order valence-electron chi connectivity index (χ0n) is 57.3. The average molecular weight is 1280 g/mol. The number of hydrogen-bond donors (Lipinski definition) is 4. The van der Waals surface area contributed by atoms with Gasteiger partial charge in [-0.05, 0) is 119 Å². The highest BCUT2D eigenvalue weighted by Gasteiger charge is 2.22. The van der Waals surface area contributed by atoms with Crippen molar-refractivity contribution in [3.63, 3.8) is 0 Å². The molecule has 0 aliphatic rings. The smallest absolute Gasteiger partial charge is 0.167 e. The van der Waals surface area contributed by atoms with Crippen molar-refractivity contribution >= 4 is 0 Å². The third-order valence-electron chi connectivity index (χ3n) is 16.0. The molecule has 0 amide bonds. The van der Waals surface area contributed by atoms with Crippen molar-refractivity contribution in [1.82, 2.24) is 29.9 Å². The van der Waals surface area contributed by atoms with Gasteiger partial charge in [0.2, 0.25) is 0 Å². The number of aromatic hydroxyl groups is 3. The monoisotopic (exact) mass is 1280 g/mol. The van der Waals surface area contributed by atoms with Gasteiger partial charge in [-0.2, -0.15) is 0 Å². The van der Waals surface area contributed by atoms with Crippen molar-refractivity contribution in [2.75, 3.05) is 46.2 Å². The van der Waals surface area contributed by atoms with Gasteiger partial charge in [-0.3, -0.25) is 0 Å². The van der Waals surface area contributed by atoms with Crippen LogP contribution in [0.4, 0.5) is 0 Å². The first-order valence-corrected chi connectivity index (χ1v) is 34.4. The van der Waals surface area contributed by atoms with Crippen LogP contribution >= 0.6 is 0 Å². The zero-order valence-corrected chi connectivity index (χ0v) is 57.3. The number of phenols is 3. The minimum Gasteiger partial charge on any atom is -0.507 e. The number of nitrogens with zero attached hydrogens (tertiary/aromatic N) is 6. The lowest BCUT2D eigenvalue weighted by Crippen LogP contribution is -2.23. The van der Waals surface area contributed by atoms with Gasteiger partial charge < -0.3 is 48.8 Å². The lowest BCUT2D eigenvalue weighted by molar-refractivity contribution is 0.0109. The summed E-state index contributed by atoms with van der Waals surface area (Å²) in [6.07, 6.45) is 21.1. The van der Waals surface area contributed by atoms with Crippen molar-refractivity contribution in [3.05, 3.63) is 131 Å². The predicted molar refractivity (Wildman–Crippen MR) is 377 cm³/mol. The summed E-state index contributed by atoms with van der Waals surface area (Å²) in [5, 5.41) is 43.6. The first-order valence-electron chi connectivity index (χ1n) is 34.4. The minimum absolute atomic E-state index is 0.0147. The second-order valence-corrected chi connectivity index (χ2v) is 24.3. The van der Waals surface area contributed by atoms with E-state index in [2.05, 4.69) is 60.6 Å². The van der Waals surface area contributed by atoms with Crippen molar-refractivity contribution in [3.8, 4) is 114 Å². The Labute approximate surface area is 558 Å². The molecule has 0 aliphatic carbocycles. The highest BCUT2D eigenvalue weighted by atomic mass is 16.5. The van der Waals surface area contributed by atoms with E-state index in [1.165, 1.54) is 63.9 Å². The highest BCUT2D eigenvalue weighted by molar-refractivity contribution is 5.76. The first kappa shape index (κ1) is 73.1. The largest absolute Gasteiger partial charge is 0.507 e. The van der Waals surface area contributed by atoms with E-state index in [0.29, 0.717) is 107 Å². The summed E-state index contributed by atoms with van der Waals surface area (Å²) in [6, 6.07) is 33.2. The number of aromatic nitrogens is 6. The number of unbranched alkanes of at least 4 members (excludes halogenated alkanes) is 14. The molecule has 504 valence electrons. The van der Waals surface area contributed by atoms with Crippen LogP contribution in [0.2, 0.25) is 0 Å². The van der Waals surface area contributed by atoms with Crippen LogP contribution in [0.5, 0.6) is 46.0 Å². The van der Waals surface area contributed by atoms with Crippen LogP contribution in [0.3, 0.4) is 0 Å². The molecule has 0 fully saturated rings. The fraction of sp³-hybridized carbons (Fsp3) is 0.462. The Kier molecular flexibility index (Phi) is 30.6. The number of benzene rings is 6. The maximum Gasteiger partial charge on any atom is 0.167 e. The van der Waals surface area contributed by atoms with Crippen LogP contribution in [0, 0.1) is 27.7 Å². The zero-order chi connectivity index (χ0) is 67.0. The van der Waals surface area contributed by atoms with Crippen molar-refractivity contribution in [1.29, 1.82) is 0 Å². The molecule has 2 heterocycles. The minimum atomic E-state index is -0.760. The van der Waals surface area contributed by atoms with Crippen LogP contribution in [0.1, 0.15) is 179 Å². The molecule has 2 aromatic heterocycles. The number of hydrogen-bond acceptors (Lipinski definition) is 16. The van der Waals surface area contributed by atoms with Gasteiger partial charge in [-0.1, -0.05) is 172 Å². The van der Waals surface area contributed by atoms with E-state index in [1.54, 1.807) is 48.5 Å². The third-order valence-corrected chi connectivity index (χ3v) is 16.0. The van der Waals surface area contributed by atoms with Crippen LogP contribution in [-0.2, 0) is 4.74 Å². The number of aliphatic hydroxyl groups is 1. The topological polar surface area (TPSA) is 214 Å². The summed E-state index contributed by atoms with van der Waals surface area (Å²) in [7, 11) is 0. The van der Waals surface area contributed by atoms with Crippen LogP contribution < -0.4 is 23.7 Å². The first-order chi connectivity index (χ1) is 45.7. The molecule has 0 aliphatic heterocycles. The Bertz CT molecular complexity index is 3450. The average Bonchev–Trinajstić information content (AvgIpc) is 0.805. The number of aliphatic hydroxyl groups excluding tert-OH is 1. The Morgan fingerprint density at radius 3 is 1.01 bits per heavy atom. The van der Waals surface area contributed by atoms with E-state index < -0.39 is 6.10 Å². The van der Waals surface area contributed by atoms with Gasteiger partial charge in [0.1, 0.15) is 58.7 Å². The molecule has 0 spiro atoms. The molecule has 6 aromatic carbocycles. The quantitative estimate of drug-likeness (QED) is 0.0264. The summed E-state index contributed by atoms with van der Waals surface area (Å²) in [5.74, 6) is 5.05. The lowest BCUT2D eigenvalue weighted by Gasteiger charge is -2.15. The third kappa shape index (κ3) is 23.0. The molecule has 1 atom stereocenters. The molecule has 16 nitrogen and oxygen atoms in total. The van der Waals surface area contributed by atoms with Crippen LogP contribution in [0.25, 0.3) is 68.3 Å². The second kappa shape index (κ2) is 39.4. The van der Waals surface area contributed by atoms with Gasteiger partial charge in [0.15, 0.2) is 34.9 Å². The number of rotatable bonds is 39. The van der Waals surface area contributed by atoms with Gasteiger partial charge in [0.05, 0.1) is 55.3 Å². The standard InChI is InChI=1S/C41H55N3O4.C37H47N3O6/c1-6-7-8-9-10-11-12-13-14-15-16-23-47-27-33(45)28-48-34-19-22-37(38(46)26-34)41-43-39(35-20-17-29(2)24-31(35)4)42-40(44-41)36-21-18-30(3)25-32(36)5;1-5-9-19-43-26-13-16-29(32(41)23-26)35-38-36(30-17-14-27(24-33(30)42)44-20-10-6-2)40-37(39-35)31-18-15-28(45-21-11-7-3)25-34(31)46-22-12-8-4/h17-22,24-26,33,45-46H,6-16,23,27-28H2,1-5H3;13-18,23-25,41-42H,5-12,19-22H2,1-4H3. The fourth-order valence-electron chi connectivity index (χ4n) is 10.5. The van der Waals surface area contributed by atoms with Gasteiger partial charge in [0.25, 0.3) is 0 Å². The maximum absolute atomic E-state index is 11.1. The molecule has 94 heavy (non-hydrogen) atoms. The molecular formula is C78H102N6O10. The summed E-state index contributed by atoms with van der Waals surface area (Å²) >= 11 is 0. The molecule has 0 saturated heterocycles. The molecule has 8 rings (SSSR count). The van der Waals surface area contributed by atoms with Crippen molar-refractivity contribution in [2.24, 2.45) is 0 Å². The van der Waals surface area contributed by atoms with E-state index in [0.717, 1.165) is 97.6 Å². The molecule has 0 bridgehead atoms. The van der Waals surface area contributed by atoms with E-state index in [-0.39, 0.29) is 42.1 Å². The second-order valence-electron chi connectivity index (χ2n) is 24.3. The fourth-order valence-corrected chi connectivity index (χ4v) is 10.5. The van der Waals surface area contributed by atoms with Gasteiger partial charge in [-0.15, -0.1) is 0 Å². The summed E-state index contributed by atoms with van der Waals surface area (Å²) in [4.78, 5) is 28.8. The van der Waals surface area contributed by atoms with Crippen molar-refractivity contribution in [2.45, 2.75) is 190 Å². The Morgan fingerprint density at radius 1 is 0.309 bits per heavy atom. The highest BCUT2D eigenvalue weighted by Crippen LogP contribution is 2.40. The molecule has 0 saturated carbocycles. The summed E-state index contributed by atoms with van der Waals surface area (Å²) in [5.41, 5.74) is 8.19. The van der Waals surface area contributed by atoms with E-state index in [9.17, 15) is 20.4 Å². The summed E-state index contributed by atoms with van der Waals surface area (Å²) in [6.45, 7) is 22.1. The SMILES string of the molecule is CCCCCCCCCCCCCOCC(O)COc1ccc(-c2nc(-c3ccc(C)cc3C)nc(-c3ccc(C)cc3C)n2)c(O)c1.CCCCOc1ccc(-c2nc(-c3ccc(OCCCC)cc3O)nc(-c3ccc(OCCCC)cc3OCCCC)n2)c(O)c1. The molecule has 8 aromatic rings. The Balaban J connectivity index is 0.000000266. The van der Waals surface area contributed by atoms with Gasteiger partial charge >= 0.3 is 0 Å². The van der Waals surface area contributed by atoms with E-state index >= 15 is 0 Å². The number of ether oxygens (including phenoxy) is 6. The van der Waals surface area contributed by atoms with Crippen molar-refractivity contribution < 1.29 is 48.8 Å². The molecule has 16 heteroatoms. The molecular weight excluding hydrogens is 1180 g/mol. The van der Waals surface area contributed by atoms with Gasteiger partial charge in [0, 0.05) is 42.0 Å². The predicted octanol–water partition coefficient (Wildman–Crippen LogP) is 18.9. The lowest BCUT2D eigenvalue weighted by atomic mass is 10.0.